The third kappa shape index (κ3) is 3.95. The summed E-state index contributed by atoms with van der Waals surface area (Å²) in [4.78, 5) is 11.3. The van der Waals surface area contributed by atoms with E-state index in [9.17, 15) is 4.79 Å². The Balaban J connectivity index is 2.89. The predicted octanol–water partition coefficient (Wildman–Crippen LogP) is 2.59. The van der Waals surface area contributed by atoms with Crippen LogP contribution in [-0.4, -0.2) is 26.8 Å². The molecule has 0 saturated heterocycles. The molecule has 0 aliphatic carbocycles. The summed E-state index contributed by atoms with van der Waals surface area (Å²) in [6, 6.07) is 5.51. The van der Waals surface area contributed by atoms with Crippen molar-refractivity contribution in [1.29, 1.82) is 0 Å². The van der Waals surface area contributed by atoms with Gasteiger partial charge in [-0.05, 0) is 12.5 Å². The molecule has 0 atom stereocenters. The molecule has 0 N–H and O–H groups in total. The van der Waals surface area contributed by atoms with Gasteiger partial charge in [0.2, 0.25) is 0 Å². The lowest BCUT2D eigenvalue weighted by atomic mass is 10.1. The molecule has 0 radical (unpaired) electrons. The zero-order valence-corrected chi connectivity index (χ0v) is 11.2. The molecular formula is C14H20O4. The van der Waals surface area contributed by atoms with Crippen LogP contribution >= 0.6 is 0 Å². The summed E-state index contributed by atoms with van der Waals surface area (Å²) in [5.41, 5.74) is 0.789. The van der Waals surface area contributed by atoms with Crippen molar-refractivity contribution < 1.29 is 19.0 Å². The molecule has 4 heteroatoms. The summed E-state index contributed by atoms with van der Waals surface area (Å²) in [6.45, 7) is 2.71. The molecule has 0 fully saturated rings. The molecule has 0 saturated carbocycles. The van der Waals surface area contributed by atoms with Crippen LogP contribution < -0.4 is 9.47 Å². The molecule has 0 aromatic heterocycles. The summed E-state index contributed by atoms with van der Waals surface area (Å²) < 4.78 is 15.6. The predicted molar refractivity (Wildman–Crippen MR) is 69.1 cm³/mol. The second-order valence-corrected chi connectivity index (χ2v) is 3.90. The maximum absolute atomic E-state index is 11.3. The van der Waals surface area contributed by atoms with Crippen LogP contribution in [0.5, 0.6) is 11.5 Å². The number of methoxy groups -OCH3 is 2. The highest BCUT2D eigenvalue weighted by atomic mass is 16.5. The lowest BCUT2D eigenvalue weighted by molar-refractivity contribution is -0.139. The van der Waals surface area contributed by atoms with Crippen LogP contribution in [0.15, 0.2) is 18.2 Å². The highest BCUT2D eigenvalue weighted by molar-refractivity contribution is 5.74. The third-order valence-corrected chi connectivity index (χ3v) is 2.59. The number of esters is 1. The Labute approximate surface area is 108 Å². The number of carbonyl (C=O) groups excluding carboxylic acids is 1. The lowest BCUT2D eigenvalue weighted by Crippen LogP contribution is -2.08. The molecular weight excluding hydrogens is 232 g/mol. The first-order valence-corrected chi connectivity index (χ1v) is 6.08. The summed E-state index contributed by atoms with van der Waals surface area (Å²) in [6.07, 6.45) is 2.21. The van der Waals surface area contributed by atoms with Gasteiger partial charge in [-0.2, -0.15) is 0 Å². The van der Waals surface area contributed by atoms with Crippen LogP contribution in [-0.2, 0) is 16.0 Å². The van der Waals surface area contributed by atoms with Gasteiger partial charge in [-0.25, -0.2) is 0 Å². The first-order valence-electron chi connectivity index (χ1n) is 6.08. The van der Waals surface area contributed by atoms with E-state index in [1.807, 2.05) is 18.2 Å². The Kier molecular flexibility index (Phi) is 6.05. The van der Waals surface area contributed by atoms with Gasteiger partial charge in [-0.3, -0.25) is 4.79 Å². The van der Waals surface area contributed by atoms with Gasteiger partial charge in [0.15, 0.2) is 11.5 Å². The van der Waals surface area contributed by atoms with Crippen molar-refractivity contribution >= 4 is 5.97 Å². The molecule has 4 nitrogen and oxygen atoms in total. The summed E-state index contributed by atoms with van der Waals surface area (Å²) in [5.74, 6) is 0.995. The number of carbonyl (C=O) groups is 1. The van der Waals surface area contributed by atoms with E-state index in [1.54, 1.807) is 7.11 Å². The van der Waals surface area contributed by atoms with E-state index in [0.717, 1.165) is 18.4 Å². The van der Waals surface area contributed by atoms with E-state index in [1.165, 1.54) is 7.11 Å². The molecule has 1 aromatic rings. The second-order valence-electron chi connectivity index (χ2n) is 3.90. The lowest BCUT2D eigenvalue weighted by Gasteiger charge is -2.14. The van der Waals surface area contributed by atoms with E-state index in [0.29, 0.717) is 18.1 Å². The monoisotopic (exact) mass is 252 g/mol. The summed E-state index contributed by atoms with van der Waals surface area (Å²) in [5, 5.41) is 0. The second kappa shape index (κ2) is 7.58. The highest BCUT2D eigenvalue weighted by Gasteiger charge is 2.13. The van der Waals surface area contributed by atoms with Crippen molar-refractivity contribution in [2.75, 3.05) is 20.8 Å². The van der Waals surface area contributed by atoms with Crippen molar-refractivity contribution in [3.05, 3.63) is 23.8 Å². The minimum atomic E-state index is -0.288. The topological polar surface area (TPSA) is 44.8 Å². The van der Waals surface area contributed by atoms with Crippen molar-refractivity contribution in [1.82, 2.24) is 0 Å². The molecule has 1 rings (SSSR count). The van der Waals surface area contributed by atoms with Gasteiger partial charge in [-0.1, -0.05) is 25.5 Å². The quantitative estimate of drug-likeness (QED) is 0.552. The van der Waals surface area contributed by atoms with E-state index < -0.39 is 0 Å². The van der Waals surface area contributed by atoms with Gasteiger partial charge in [0, 0.05) is 5.56 Å². The van der Waals surface area contributed by atoms with Crippen LogP contribution in [0.4, 0.5) is 0 Å². The molecule has 0 bridgehead atoms. The standard InChI is InChI=1S/C14H20O4/c1-4-5-9-18-14-11(10-13(15)17-3)7-6-8-12(14)16-2/h6-8H,4-5,9-10H2,1-3H3. The summed E-state index contributed by atoms with van der Waals surface area (Å²) >= 11 is 0. The van der Waals surface area contributed by atoms with Gasteiger partial charge in [-0.15, -0.1) is 0 Å². The first kappa shape index (κ1) is 14.4. The molecule has 1 aromatic carbocycles. The molecule has 0 unspecified atom stereocenters. The fourth-order valence-electron chi connectivity index (χ4n) is 1.57. The fourth-order valence-corrected chi connectivity index (χ4v) is 1.57. The zero-order valence-electron chi connectivity index (χ0n) is 11.2. The number of hydrogen-bond acceptors (Lipinski definition) is 4. The number of ether oxygens (including phenoxy) is 3. The van der Waals surface area contributed by atoms with Crippen molar-refractivity contribution in [2.45, 2.75) is 26.2 Å². The average Bonchev–Trinajstić information content (AvgIpc) is 2.40. The van der Waals surface area contributed by atoms with Crippen molar-refractivity contribution in [2.24, 2.45) is 0 Å². The number of para-hydroxylation sites is 1. The number of unbranched alkanes of at least 4 members (excludes halogenated alkanes) is 1. The van der Waals surface area contributed by atoms with E-state index >= 15 is 0 Å². The minimum Gasteiger partial charge on any atom is -0.493 e. The number of hydrogen-bond donors (Lipinski definition) is 0. The molecule has 0 amide bonds. The van der Waals surface area contributed by atoms with Crippen molar-refractivity contribution in [3.63, 3.8) is 0 Å². The Morgan fingerprint density at radius 2 is 2.06 bits per heavy atom. The first-order chi connectivity index (χ1) is 8.72. The van der Waals surface area contributed by atoms with E-state index in [2.05, 4.69) is 11.7 Å². The van der Waals surface area contributed by atoms with Crippen LogP contribution in [0.3, 0.4) is 0 Å². The third-order valence-electron chi connectivity index (χ3n) is 2.59. The molecule has 0 aliphatic rings. The number of benzene rings is 1. The van der Waals surface area contributed by atoms with Crippen molar-refractivity contribution in [3.8, 4) is 11.5 Å². The average molecular weight is 252 g/mol. The van der Waals surface area contributed by atoms with E-state index in [-0.39, 0.29) is 12.4 Å². The smallest absolute Gasteiger partial charge is 0.310 e. The Bertz CT molecular complexity index is 387. The van der Waals surface area contributed by atoms with E-state index in [4.69, 9.17) is 9.47 Å². The molecule has 0 heterocycles. The van der Waals surface area contributed by atoms with Gasteiger partial charge in [0.25, 0.3) is 0 Å². The van der Waals surface area contributed by atoms with Gasteiger partial charge in [0.1, 0.15) is 0 Å². The largest absolute Gasteiger partial charge is 0.493 e. The Morgan fingerprint density at radius 3 is 2.67 bits per heavy atom. The van der Waals surface area contributed by atoms with Gasteiger partial charge >= 0.3 is 5.97 Å². The molecule has 0 aliphatic heterocycles. The highest BCUT2D eigenvalue weighted by Crippen LogP contribution is 2.31. The minimum absolute atomic E-state index is 0.190. The maximum Gasteiger partial charge on any atom is 0.310 e. The molecule has 18 heavy (non-hydrogen) atoms. The maximum atomic E-state index is 11.3. The fraction of sp³-hybridized carbons (Fsp3) is 0.500. The normalized spacial score (nSPS) is 9.94. The Hall–Kier alpha value is -1.71. The van der Waals surface area contributed by atoms with Crippen LogP contribution in [0.25, 0.3) is 0 Å². The zero-order chi connectivity index (χ0) is 13.4. The Morgan fingerprint density at radius 1 is 1.28 bits per heavy atom. The SMILES string of the molecule is CCCCOc1c(CC(=O)OC)cccc1OC. The van der Waals surface area contributed by atoms with Crippen LogP contribution in [0.1, 0.15) is 25.3 Å². The number of rotatable bonds is 7. The van der Waals surface area contributed by atoms with Gasteiger partial charge in [0.05, 0.1) is 27.2 Å². The van der Waals surface area contributed by atoms with Crippen LogP contribution in [0, 0.1) is 0 Å². The molecule has 100 valence electrons. The molecule has 0 spiro atoms. The van der Waals surface area contributed by atoms with Crippen LogP contribution in [0.2, 0.25) is 0 Å². The summed E-state index contributed by atoms with van der Waals surface area (Å²) in [7, 11) is 2.96. The van der Waals surface area contributed by atoms with Gasteiger partial charge < -0.3 is 14.2 Å².